The maximum atomic E-state index is 12.8. The molecule has 32 heavy (non-hydrogen) atoms. The third kappa shape index (κ3) is 4.20. The number of aromatic nitrogens is 2. The molecule has 1 amide bonds. The van der Waals surface area contributed by atoms with Crippen LogP contribution in [0.4, 0.5) is 0 Å². The molecule has 1 aromatic carbocycles. The Bertz CT molecular complexity index is 1190. The topological polar surface area (TPSA) is 46.1 Å². The largest absolute Gasteiger partial charge is 0.342 e. The molecule has 1 saturated heterocycles. The molecule has 1 aliphatic heterocycles. The number of carbonyl (C=O) groups excluding carboxylic acids is 1. The number of amides is 1. The Morgan fingerprint density at radius 1 is 0.969 bits per heavy atom. The van der Waals surface area contributed by atoms with Crippen molar-refractivity contribution in [1.82, 2.24) is 14.9 Å². The number of nitrogens with zero attached hydrogens (tertiary/aromatic N) is 3. The van der Waals surface area contributed by atoms with Gasteiger partial charge in [0.2, 0.25) is 5.91 Å². The average Bonchev–Trinajstić information content (AvgIpc) is 2.96. The number of halogens is 1. The van der Waals surface area contributed by atoms with Gasteiger partial charge in [-0.1, -0.05) is 29.3 Å². The van der Waals surface area contributed by atoms with Crippen LogP contribution in [0.5, 0.6) is 0 Å². The predicted molar refractivity (Wildman–Crippen MR) is 128 cm³/mol. The molecule has 0 bridgehead atoms. The fourth-order valence-corrected chi connectivity index (χ4v) is 5.03. The summed E-state index contributed by atoms with van der Waals surface area (Å²) in [5.74, 6) is 0.183. The van der Waals surface area contributed by atoms with Gasteiger partial charge in [0, 0.05) is 41.8 Å². The Kier molecular flexibility index (Phi) is 5.79. The maximum Gasteiger partial charge on any atom is 0.227 e. The van der Waals surface area contributed by atoms with E-state index in [2.05, 4.69) is 36.2 Å². The molecular formula is C27H26ClN3O. The van der Waals surface area contributed by atoms with Gasteiger partial charge in [-0.15, -0.1) is 0 Å². The fourth-order valence-electron chi connectivity index (χ4n) is 4.83. The van der Waals surface area contributed by atoms with E-state index in [0.717, 1.165) is 60.7 Å². The second-order valence-corrected chi connectivity index (χ2v) is 9.09. The maximum absolute atomic E-state index is 12.8. The second kappa shape index (κ2) is 8.87. The van der Waals surface area contributed by atoms with Crippen LogP contribution in [0.15, 0.2) is 60.4 Å². The zero-order chi connectivity index (χ0) is 22.1. The van der Waals surface area contributed by atoms with Crippen molar-refractivity contribution in [3.05, 3.63) is 99.1 Å². The first-order chi connectivity index (χ1) is 15.6. The number of benzene rings is 1. The van der Waals surface area contributed by atoms with Gasteiger partial charge in [0.1, 0.15) is 0 Å². The van der Waals surface area contributed by atoms with E-state index in [0.29, 0.717) is 6.42 Å². The third-order valence-corrected chi connectivity index (χ3v) is 6.77. The number of likely N-dealkylation sites (tertiary alicyclic amines) is 1. The molecule has 162 valence electrons. The van der Waals surface area contributed by atoms with E-state index in [1.54, 1.807) is 12.4 Å². The van der Waals surface area contributed by atoms with E-state index >= 15 is 0 Å². The van der Waals surface area contributed by atoms with Gasteiger partial charge >= 0.3 is 0 Å². The Morgan fingerprint density at radius 3 is 2.50 bits per heavy atom. The number of carbonyl (C=O) groups is 1. The zero-order valence-electron chi connectivity index (χ0n) is 18.3. The molecule has 0 N–H and O–H groups in total. The van der Waals surface area contributed by atoms with Crippen LogP contribution in [0.25, 0.3) is 5.57 Å². The normalized spacial score (nSPS) is 15.8. The molecule has 2 aliphatic rings. The lowest BCUT2D eigenvalue weighted by Crippen LogP contribution is -2.37. The van der Waals surface area contributed by atoms with Gasteiger partial charge in [0.15, 0.2) is 0 Å². The van der Waals surface area contributed by atoms with Gasteiger partial charge < -0.3 is 4.90 Å². The van der Waals surface area contributed by atoms with E-state index in [4.69, 9.17) is 16.6 Å². The van der Waals surface area contributed by atoms with Crippen LogP contribution < -0.4 is 0 Å². The molecule has 1 aliphatic carbocycles. The van der Waals surface area contributed by atoms with Gasteiger partial charge in [-0.05, 0) is 85.2 Å². The van der Waals surface area contributed by atoms with E-state index in [9.17, 15) is 4.79 Å². The average molecular weight is 444 g/mol. The van der Waals surface area contributed by atoms with Gasteiger partial charge in [-0.3, -0.25) is 14.8 Å². The monoisotopic (exact) mass is 443 g/mol. The smallest absolute Gasteiger partial charge is 0.227 e. The SMILES string of the molecule is Cc1ccc2c(n1)C(=C1CCN(C(=O)Cc3ccncc3)CC1)c1ccc(Cl)cc1CC2. The van der Waals surface area contributed by atoms with Crippen molar-refractivity contribution in [2.75, 3.05) is 13.1 Å². The van der Waals surface area contributed by atoms with Gasteiger partial charge in [0.25, 0.3) is 0 Å². The van der Waals surface area contributed by atoms with Crippen LogP contribution >= 0.6 is 11.6 Å². The number of fused-ring (bicyclic) bond motifs is 2. The number of piperidine rings is 1. The number of rotatable bonds is 2. The summed E-state index contributed by atoms with van der Waals surface area (Å²) in [6, 6.07) is 14.4. The van der Waals surface area contributed by atoms with E-state index < -0.39 is 0 Å². The summed E-state index contributed by atoms with van der Waals surface area (Å²) in [4.78, 5) is 23.9. The highest BCUT2D eigenvalue weighted by Gasteiger charge is 2.26. The Labute approximate surface area is 194 Å². The van der Waals surface area contributed by atoms with Crippen molar-refractivity contribution >= 4 is 23.1 Å². The summed E-state index contributed by atoms with van der Waals surface area (Å²) < 4.78 is 0. The summed E-state index contributed by atoms with van der Waals surface area (Å²) in [6.07, 6.45) is 7.57. The third-order valence-electron chi connectivity index (χ3n) is 6.53. The lowest BCUT2D eigenvalue weighted by Gasteiger charge is -2.30. The van der Waals surface area contributed by atoms with Crippen LogP contribution in [-0.4, -0.2) is 33.9 Å². The van der Waals surface area contributed by atoms with Gasteiger partial charge in [-0.2, -0.15) is 0 Å². The summed E-state index contributed by atoms with van der Waals surface area (Å²) in [7, 11) is 0. The molecule has 0 spiro atoms. The number of hydrogen-bond acceptors (Lipinski definition) is 3. The number of pyridine rings is 2. The molecule has 0 radical (unpaired) electrons. The molecule has 0 saturated carbocycles. The standard InChI is InChI=1S/C27H26ClN3O/c1-18-2-3-21-4-5-22-17-23(28)6-7-24(22)26(27(21)30-18)20-10-14-31(15-11-20)25(32)16-19-8-12-29-13-9-19/h2-3,6-9,12-13,17H,4-5,10-11,14-16H2,1H3. The van der Waals surface area contributed by atoms with E-state index in [-0.39, 0.29) is 5.91 Å². The summed E-state index contributed by atoms with van der Waals surface area (Å²) in [5.41, 5.74) is 9.63. The molecule has 3 aromatic rings. The van der Waals surface area contributed by atoms with Crippen LogP contribution in [-0.2, 0) is 24.1 Å². The van der Waals surface area contributed by atoms with Crippen molar-refractivity contribution in [2.24, 2.45) is 0 Å². The lowest BCUT2D eigenvalue weighted by molar-refractivity contribution is -0.130. The predicted octanol–water partition coefficient (Wildman–Crippen LogP) is 5.20. The highest BCUT2D eigenvalue weighted by atomic mass is 35.5. The van der Waals surface area contributed by atoms with Crippen LogP contribution in [0.2, 0.25) is 5.02 Å². The summed E-state index contributed by atoms with van der Waals surface area (Å²) in [5, 5.41) is 0.778. The minimum atomic E-state index is 0.183. The van der Waals surface area contributed by atoms with Crippen molar-refractivity contribution < 1.29 is 4.79 Å². The number of hydrogen-bond donors (Lipinski definition) is 0. The van der Waals surface area contributed by atoms with Gasteiger partial charge in [0.05, 0.1) is 12.1 Å². The first kappa shape index (κ1) is 20.9. The number of aryl methyl sites for hydroxylation is 3. The molecule has 5 heteroatoms. The molecule has 0 atom stereocenters. The minimum Gasteiger partial charge on any atom is -0.342 e. The first-order valence-corrected chi connectivity index (χ1v) is 11.6. The molecule has 0 unspecified atom stereocenters. The van der Waals surface area contributed by atoms with Crippen LogP contribution in [0.1, 0.15) is 46.5 Å². The zero-order valence-corrected chi connectivity index (χ0v) is 19.0. The Hall–Kier alpha value is -2.98. The summed E-state index contributed by atoms with van der Waals surface area (Å²) in [6.45, 7) is 3.54. The quantitative estimate of drug-likeness (QED) is 0.546. The first-order valence-electron chi connectivity index (χ1n) is 11.2. The summed E-state index contributed by atoms with van der Waals surface area (Å²) >= 11 is 6.34. The van der Waals surface area contributed by atoms with Crippen molar-refractivity contribution in [2.45, 2.75) is 39.0 Å². The van der Waals surface area contributed by atoms with Crippen molar-refractivity contribution in [1.29, 1.82) is 0 Å². The van der Waals surface area contributed by atoms with Crippen molar-refractivity contribution in [3.63, 3.8) is 0 Å². The highest BCUT2D eigenvalue weighted by molar-refractivity contribution is 6.30. The van der Waals surface area contributed by atoms with Crippen LogP contribution in [0.3, 0.4) is 0 Å². The molecule has 3 heterocycles. The second-order valence-electron chi connectivity index (χ2n) is 8.65. The minimum absolute atomic E-state index is 0.183. The molecule has 1 fully saturated rings. The fraction of sp³-hybridized carbons (Fsp3) is 0.296. The van der Waals surface area contributed by atoms with E-state index in [1.165, 1.54) is 27.8 Å². The van der Waals surface area contributed by atoms with E-state index in [1.807, 2.05) is 23.1 Å². The highest BCUT2D eigenvalue weighted by Crippen LogP contribution is 2.38. The Balaban J connectivity index is 1.47. The lowest BCUT2D eigenvalue weighted by atomic mass is 9.88. The Morgan fingerprint density at radius 2 is 1.72 bits per heavy atom. The molecule has 2 aromatic heterocycles. The van der Waals surface area contributed by atoms with Crippen LogP contribution in [0, 0.1) is 6.92 Å². The molecule has 5 rings (SSSR count). The van der Waals surface area contributed by atoms with Gasteiger partial charge in [-0.25, -0.2) is 0 Å². The van der Waals surface area contributed by atoms with Crippen molar-refractivity contribution in [3.8, 4) is 0 Å². The molecule has 4 nitrogen and oxygen atoms in total. The molecular weight excluding hydrogens is 418 g/mol.